The van der Waals surface area contributed by atoms with Crippen LogP contribution in [0.3, 0.4) is 0 Å². The lowest BCUT2D eigenvalue weighted by Crippen LogP contribution is -2.38. The third-order valence-corrected chi connectivity index (χ3v) is 3.26. The van der Waals surface area contributed by atoms with Crippen molar-refractivity contribution in [2.45, 2.75) is 6.54 Å². The van der Waals surface area contributed by atoms with Gasteiger partial charge in [0, 0.05) is 19.7 Å². The van der Waals surface area contributed by atoms with Crippen molar-refractivity contribution in [1.82, 2.24) is 30.4 Å². The highest BCUT2D eigenvalue weighted by Crippen LogP contribution is 2.23. The van der Waals surface area contributed by atoms with Crippen LogP contribution in [0.1, 0.15) is 0 Å². The molecule has 0 aliphatic carbocycles. The normalized spacial score (nSPS) is 10.3. The van der Waals surface area contributed by atoms with Crippen LogP contribution in [0.5, 0.6) is 0 Å². The molecule has 2 aromatic rings. The van der Waals surface area contributed by atoms with Gasteiger partial charge in [0.25, 0.3) is 0 Å². The van der Waals surface area contributed by atoms with Gasteiger partial charge >= 0.3 is 0 Å². The standard InChI is InChI=1S/C13H15ClN6O2/c1-15-11(21)7-19(2)12(22)8-20-17-13(16-18-20)9-5-3-4-6-10(9)14/h3-6H,7-8H2,1-2H3,(H,15,21). The number of halogens is 1. The number of rotatable bonds is 5. The second-order valence-electron chi connectivity index (χ2n) is 4.55. The lowest BCUT2D eigenvalue weighted by Gasteiger charge is -2.15. The van der Waals surface area contributed by atoms with Crippen LogP contribution in [0.2, 0.25) is 5.02 Å². The van der Waals surface area contributed by atoms with Crippen LogP contribution >= 0.6 is 11.6 Å². The van der Waals surface area contributed by atoms with Gasteiger partial charge in [-0.05, 0) is 17.3 Å². The highest BCUT2D eigenvalue weighted by atomic mass is 35.5. The lowest BCUT2D eigenvalue weighted by molar-refractivity contribution is -0.135. The van der Waals surface area contributed by atoms with Crippen molar-refractivity contribution in [2.75, 3.05) is 20.6 Å². The summed E-state index contributed by atoms with van der Waals surface area (Å²) in [5.74, 6) is -0.210. The number of hydrogen-bond donors (Lipinski definition) is 1. The zero-order valence-corrected chi connectivity index (χ0v) is 12.9. The van der Waals surface area contributed by atoms with Gasteiger partial charge in [-0.2, -0.15) is 4.80 Å². The summed E-state index contributed by atoms with van der Waals surface area (Å²) >= 11 is 6.06. The number of likely N-dealkylation sites (N-methyl/N-ethyl adjacent to an activating group) is 2. The number of carbonyl (C=O) groups is 2. The van der Waals surface area contributed by atoms with Crippen molar-refractivity contribution in [3.05, 3.63) is 29.3 Å². The molecule has 2 rings (SSSR count). The van der Waals surface area contributed by atoms with Crippen molar-refractivity contribution in [3.8, 4) is 11.4 Å². The third-order valence-electron chi connectivity index (χ3n) is 2.93. The van der Waals surface area contributed by atoms with E-state index in [2.05, 4.69) is 20.7 Å². The van der Waals surface area contributed by atoms with Crippen LogP contribution < -0.4 is 5.32 Å². The molecule has 0 fully saturated rings. The van der Waals surface area contributed by atoms with Gasteiger partial charge in [0.15, 0.2) is 0 Å². The average molecular weight is 323 g/mol. The first-order chi connectivity index (χ1) is 10.5. The van der Waals surface area contributed by atoms with Crippen LogP contribution in [0.25, 0.3) is 11.4 Å². The van der Waals surface area contributed by atoms with Crippen molar-refractivity contribution in [2.24, 2.45) is 0 Å². The predicted molar refractivity (Wildman–Crippen MR) is 80.0 cm³/mol. The van der Waals surface area contributed by atoms with Crippen molar-refractivity contribution in [1.29, 1.82) is 0 Å². The molecule has 2 amide bonds. The Hall–Kier alpha value is -2.48. The predicted octanol–water partition coefficient (Wildman–Crippen LogP) is 0.198. The van der Waals surface area contributed by atoms with Gasteiger partial charge in [0.05, 0.1) is 11.6 Å². The van der Waals surface area contributed by atoms with Crippen LogP contribution in [0, 0.1) is 0 Å². The number of amides is 2. The van der Waals surface area contributed by atoms with Gasteiger partial charge in [-0.3, -0.25) is 9.59 Å². The molecular weight excluding hydrogens is 308 g/mol. The smallest absolute Gasteiger partial charge is 0.246 e. The second kappa shape index (κ2) is 6.99. The molecule has 0 saturated carbocycles. The maximum atomic E-state index is 12.0. The number of nitrogens with zero attached hydrogens (tertiary/aromatic N) is 5. The van der Waals surface area contributed by atoms with E-state index in [1.54, 1.807) is 18.2 Å². The van der Waals surface area contributed by atoms with Crippen LogP contribution in [-0.2, 0) is 16.1 Å². The van der Waals surface area contributed by atoms with Crippen LogP contribution in [0.4, 0.5) is 0 Å². The Labute approximate surface area is 132 Å². The Morgan fingerprint density at radius 2 is 2.09 bits per heavy atom. The Morgan fingerprint density at radius 3 is 2.77 bits per heavy atom. The fourth-order valence-corrected chi connectivity index (χ4v) is 1.91. The molecule has 0 bridgehead atoms. The van der Waals surface area contributed by atoms with Crippen molar-refractivity contribution >= 4 is 23.4 Å². The molecule has 8 nitrogen and oxygen atoms in total. The van der Waals surface area contributed by atoms with Gasteiger partial charge in [-0.25, -0.2) is 0 Å². The number of aromatic nitrogens is 4. The zero-order chi connectivity index (χ0) is 16.1. The second-order valence-corrected chi connectivity index (χ2v) is 4.95. The minimum Gasteiger partial charge on any atom is -0.358 e. The lowest BCUT2D eigenvalue weighted by atomic mass is 10.2. The largest absolute Gasteiger partial charge is 0.358 e. The SMILES string of the molecule is CNC(=O)CN(C)C(=O)Cn1nnc(-c2ccccc2Cl)n1. The Balaban J connectivity index is 2.05. The number of nitrogens with one attached hydrogen (secondary N) is 1. The molecule has 1 aromatic carbocycles. The molecule has 9 heteroatoms. The summed E-state index contributed by atoms with van der Waals surface area (Å²) in [5.41, 5.74) is 0.640. The summed E-state index contributed by atoms with van der Waals surface area (Å²) < 4.78 is 0. The number of tetrazole rings is 1. The molecule has 0 spiro atoms. The number of hydrogen-bond acceptors (Lipinski definition) is 5. The van der Waals surface area contributed by atoms with Gasteiger partial charge < -0.3 is 10.2 Å². The quantitative estimate of drug-likeness (QED) is 0.848. The van der Waals surface area contributed by atoms with E-state index >= 15 is 0 Å². The first kappa shape index (κ1) is 15.9. The zero-order valence-electron chi connectivity index (χ0n) is 12.2. The fraction of sp³-hybridized carbons (Fsp3) is 0.308. The number of benzene rings is 1. The van der Waals surface area contributed by atoms with Crippen molar-refractivity contribution < 1.29 is 9.59 Å². The van der Waals surface area contributed by atoms with Gasteiger partial charge in [0.1, 0.15) is 6.54 Å². The number of carbonyl (C=O) groups excluding carboxylic acids is 2. The summed E-state index contributed by atoms with van der Waals surface area (Å²) in [6.45, 7) is -0.133. The molecule has 1 aromatic heterocycles. The van der Waals surface area contributed by atoms with E-state index in [1.165, 1.54) is 23.8 Å². The van der Waals surface area contributed by atoms with Gasteiger partial charge in [-0.1, -0.05) is 23.7 Å². The van der Waals surface area contributed by atoms with Crippen molar-refractivity contribution in [3.63, 3.8) is 0 Å². The average Bonchev–Trinajstić information content (AvgIpc) is 2.95. The summed E-state index contributed by atoms with van der Waals surface area (Å²) in [5, 5.41) is 14.8. The Kier molecular flexibility index (Phi) is 5.05. The first-order valence-electron chi connectivity index (χ1n) is 6.48. The van der Waals surface area contributed by atoms with E-state index in [-0.39, 0.29) is 24.9 Å². The maximum Gasteiger partial charge on any atom is 0.246 e. The van der Waals surface area contributed by atoms with E-state index in [0.717, 1.165) is 0 Å². The molecule has 0 atom stereocenters. The summed E-state index contributed by atoms with van der Waals surface area (Å²) in [6.07, 6.45) is 0. The monoisotopic (exact) mass is 322 g/mol. The van der Waals surface area contributed by atoms with E-state index in [1.807, 2.05) is 6.07 Å². The summed E-state index contributed by atoms with van der Waals surface area (Å²) in [6, 6.07) is 7.10. The van der Waals surface area contributed by atoms with Gasteiger partial charge in [0.2, 0.25) is 17.6 Å². The molecule has 1 N–H and O–H groups in total. The molecule has 0 aliphatic heterocycles. The minimum absolute atomic E-state index is 0.0264. The topological polar surface area (TPSA) is 93.0 Å². The molecular formula is C13H15ClN6O2. The minimum atomic E-state index is -0.299. The van der Waals surface area contributed by atoms with Gasteiger partial charge in [-0.15, -0.1) is 10.2 Å². The summed E-state index contributed by atoms with van der Waals surface area (Å²) in [4.78, 5) is 25.7. The molecule has 1 heterocycles. The molecule has 0 radical (unpaired) electrons. The highest BCUT2D eigenvalue weighted by molar-refractivity contribution is 6.33. The molecule has 0 saturated heterocycles. The third kappa shape index (κ3) is 3.79. The van der Waals surface area contributed by atoms with Crippen LogP contribution in [0.15, 0.2) is 24.3 Å². The van der Waals surface area contributed by atoms with E-state index in [0.29, 0.717) is 16.4 Å². The Bertz CT molecular complexity index is 687. The fourth-order valence-electron chi connectivity index (χ4n) is 1.68. The van der Waals surface area contributed by atoms with E-state index in [9.17, 15) is 9.59 Å². The summed E-state index contributed by atoms with van der Waals surface area (Å²) in [7, 11) is 3.04. The van der Waals surface area contributed by atoms with E-state index in [4.69, 9.17) is 11.6 Å². The highest BCUT2D eigenvalue weighted by Gasteiger charge is 2.15. The Morgan fingerprint density at radius 1 is 1.36 bits per heavy atom. The van der Waals surface area contributed by atoms with Crippen LogP contribution in [-0.4, -0.2) is 57.6 Å². The molecule has 0 aliphatic rings. The molecule has 22 heavy (non-hydrogen) atoms. The van der Waals surface area contributed by atoms with E-state index < -0.39 is 0 Å². The molecule has 116 valence electrons. The maximum absolute atomic E-state index is 12.0. The first-order valence-corrected chi connectivity index (χ1v) is 6.86. The molecule has 0 unspecified atom stereocenters.